The number of hydrogen-bond donors (Lipinski definition) is 2. The van der Waals surface area contributed by atoms with E-state index in [1.807, 2.05) is 6.20 Å². The quantitative estimate of drug-likeness (QED) is 0.610. The van der Waals surface area contributed by atoms with Gasteiger partial charge in [-0.2, -0.15) is 0 Å². The third-order valence-corrected chi connectivity index (χ3v) is 2.39. The van der Waals surface area contributed by atoms with E-state index >= 15 is 0 Å². The van der Waals surface area contributed by atoms with Gasteiger partial charge in [-0.15, -0.1) is 0 Å². The Morgan fingerprint density at radius 2 is 2.17 bits per heavy atom. The van der Waals surface area contributed by atoms with E-state index in [1.165, 1.54) is 16.5 Å². The molecule has 1 saturated heterocycles. The normalized spacial score (nSPS) is 21.5. The van der Waals surface area contributed by atoms with Crippen molar-refractivity contribution in [2.45, 2.75) is 6.04 Å². The molecule has 0 amide bonds. The summed E-state index contributed by atoms with van der Waals surface area (Å²) in [6, 6.07) is 9.30. The molecule has 12 heavy (non-hydrogen) atoms. The van der Waals surface area contributed by atoms with E-state index in [9.17, 15) is 0 Å². The Labute approximate surface area is 70.6 Å². The van der Waals surface area contributed by atoms with Gasteiger partial charge in [0.2, 0.25) is 0 Å². The molecular weight excluding hydrogens is 148 g/mol. The van der Waals surface area contributed by atoms with Gasteiger partial charge in [-0.3, -0.25) is 0 Å². The molecule has 0 unspecified atom stereocenters. The molecule has 1 fully saturated rings. The van der Waals surface area contributed by atoms with Gasteiger partial charge in [0.05, 0.1) is 0 Å². The summed E-state index contributed by atoms with van der Waals surface area (Å²) in [4.78, 5) is 3.19. The van der Waals surface area contributed by atoms with Crippen molar-refractivity contribution >= 4 is 10.9 Å². The van der Waals surface area contributed by atoms with E-state index in [2.05, 4.69) is 34.6 Å². The third kappa shape index (κ3) is 0.850. The van der Waals surface area contributed by atoms with Gasteiger partial charge in [-0.25, -0.2) is 0 Å². The van der Waals surface area contributed by atoms with Crippen molar-refractivity contribution in [3.05, 3.63) is 36.0 Å². The molecule has 0 radical (unpaired) electrons. The molecule has 2 nitrogen and oxygen atoms in total. The summed E-state index contributed by atoms with van der Waals surface area (Å²) < 4.78 is 0. The maximum atomic E-state index is 3.30. The molecule has 2 heteroatoms. The molecule has 2 heterocycles. The first-order valence-corrected chi connectivity index (χ1v) is 4.24. The molecule has 1 atom stereocenters. The molecule has 0 saturated carbocycles. The zero-order valence-electron chi connectivity index (χ0n) is 6.67. The van der Waals surface area contributed by atoms with Crippen LogP contribution in [-0.4, -0.2) is 11.5 Å². The Bertz CT molecular complexity index is 412. The van der Waals surface area contributed by atoms with Crippen LogP contribution in [0.1, 0.15) is 11.6 Å². The number of benzene rings is 1. The maximum absolute atomic E-state index is 3.30. The SMILES string of the molecule is c1cc2cc([C@@H]3CN3)ccc2[nH]1. The van der Waals surface area contributed by atoms with Crippen LogP contribution in [0.2, 0.25) is 0 Å². The van der Waals surface area contributed by atoms with Gasteiger partial charge in [0.1, 0.15) is 0 Å². The third-order valence-electron chi connectivity index (χ3n) is 2.39. The molecule has 1 aliphatic rings. The van der Waals surface area contributed by atoms with E-state index in [1.54, 1.807) is 0 Å². The Kier molecular flexibility index (Phi) is 1.10. The molecule has 3 rings (SSSR count). The second-order valence-electron chi connectivity index (χ2n) is 3.29. The highest BCUT2D eigenvalue weighted by Crippen LogP contribution is 2.24. The van der Waals surface area contributed by atoms with Crippen LogP contribution in [0.25, 0.3) is 10.9 Å². The highest BCUT2D eigenvalue weighted by atomic mass is 15.1. The minimum Gasteiger partial charge on any atom is -0.361 e. The lowest BCUT2D eigenvalue weighted by atomic mass is 10.1. The zero-order chi connectivity index (χ0) is 7.97. The zero-order valence-corrected chi connectivity index (χ0v) is 6.67. The van der Waals surface area contributed by atoms with Gasteiger partial charge in [-0.1, -0.05) is 6.07 Å². The van der Waals surface area contributed by atoms with E-state index < -0.39 is 0 Å². The van der Waals surface area contributed by atoms with Crippen LogP contribution >= 0.6 is 0 Å². The highest BCUT2D eigenvalue weighted by molar-refractivity contribution is 5.80. The molecule has 0 bridgehead atoms. The van der Waals surface area contributed by atoms with Gasteiger partial charge in [-0.05, 0) is 29.1 Å². The second kappa shape index (κ2) is 2.11. The summed E-state index contributed by atoms with van der Waals surface area (Å²) in [5.41, 5.74) is 2.63. The second-order valence-corrected chi connectivity index (χ2v) is 3.29. The highest BCUT2D eigenvalue weighted by Gasteiger charge is 2.21. The first-order valence-electron chi connectivity index (χ1n) is 4.24. The Morgan fingerprint density at radius 3 is 3.00 bits per heavy atom. The van der Waals surface area contributed by atoms with Crippen molar-refractivity contribution in [2.24, 2.45) is 0 Å². The van der Waals surface area contributed by atoms with Crippen molar-refractivity contribution in [2.75, 3.05) is 6.54 Å². The lowest BCUT2D eigenvalue weighted by Crippen LogP contribution is -1.82. The van der Waals surface area contributed by atoms with Gasteiger partial charge < -0.3 is 10.3 Å². The predicted molar refractivity (Wildman–Crippen MR) is 49.0 cm³/mol. The van der Waals surface area contributed by atoms with E-state index in [-0.39, 0.29) is 0 Å². The number of nitrogens with one attached hydrogen (secondary N) is 2. The topological polar surface area (TPSA) is 37.7 Å². The van der Waals surface area contributed by atoms with Gasteiger partial charge in [0, 0.05) is 24.3 Å². The predicted octanol–water partition coefficient (Wildman–Crippen LogP) is 1.81. The lowest BCUT2D eigenvalue weighted by molar-refractivity contribution is 1.08. The molecule has 1 aromatic carbocycles. The largest absolute Gasteiger partial charge is 0.361 e. The number of H-pyrrole nitrogens is 1. The maximum Gasteiger partial charge on any atom is 0.0454 e. The number of aromatic nitrogens is 1. The summed E-state index contributed by atoms with van der Waals surface area (Å²) in [5, 5.41) is 4.60. The van der Waals surface area contributed by atoms with Crippen molar-refractivity contribution in [1.29, 1.82) is 0 Å². The van der Waals surface area contributed by atoms with Crippen molar-refractivity contribution in [1.82, 2.24) is 10.3 Å². The van der Waals surface area contributed by atoms with Gasteiger partial charge >= 0.3 is 0 Å². The van der Waals surface area contributed by atoms with Crippen LogP contribution in [0.4, 0.5) is 0 Å². The Hall–Kier alpha value is -1.28. The van der Waals surface area contributed by atoms with Crippen molar-refractivity contribution < 1.29 is 0 Å². The molecule has 1 aliphatic heterocycles. The molecule has 0 spiro atoms. The summed E-state index contributed by atoms with van der Waals surface area (Å²) in [6.07, 6.45) is 1.98. The van der Waals surface area contributed by atoms with Crippen LogP contribution < -0.4 is 5.32 Å². The minimum absolute atomic E-state index is 0.615. The smallest absolute Gasteiger partial charge is 0.0454 e. The van der Waals surface area contributed by atoms with Gasteiger partial charge in [0.25, 0.3) is 0 Å². The number of aromatic amines is 1. The van der Waals surface area contributed by atoms with E-state index in [0.717, 1.165) is 6.54 Å². The molecule has 2 aromatic rings. The van der Waals surface area contributed by atoms with Gasteiger partial charge in [0.15, 0.2) is 0 Å². The fourth-order valence-electron chi connectivity index (χ4n) is 1.58. The molecule has 1 aromatic heterocycles. The summed E-state index contributed by atoms with van der Waals surface area (Å²) in [7, 11) is 0. The van der Waals surface area contributed by atoms with Crippen molar-refractivity contribution in [3.63, 3.8) is 0 Å². The molecule has 0 aliphatic carbocycles. The minimum atomic E-state index is 0.615. The standard InChI is InChI=1S/C10H10N2/c1-2-9-8(3-4-11-9)5-7(1)10-6-12-10/h1-5,10-12H,6H2/t10-/m0/s1. The number of rotatable bonds is 1. The van der Waals surface area contributed by atoms with E-state index in [0.29, 0.717) is 6.04 Å². The van der Waals surface area contributed by atoms with Crippen LogP contribution in [0.3, 0.4) is 0 Å². The fraction of sp³-hybridized carbons (Fsp3) is 0.200. The summed E-state index contributed by atoms with van der Waals surface area (Å²) in [6.45, 7) is 1.13. The first kappa shape index (κ1) is 6.26. The van der Waals surface area contributed by atoms with E-state index in [4.69, 9.17) is 0 Å². The van der Waals surface area contributed by atoms with Crippen molar-refractivity contribution in [3.8, 4) is 0 Å². The van der Waals surface area contributed by atoms with Crippen LogP contribution in [-0.2, 0) is 0 Å². The fourth-order valence-corrected chi connectivity index (χ4v) is 1.58. The number of hydrogen-bond acceptors (Lipinski definition) is 1. The molecule has 2 N–H and O–H groups in total. The summed E-state index contributed by atoms with van der Waals surface area (Å²) in [5.74, 6) is 0. The Balaban J connectivity index is 2.21. The number of fused-ring (bicyclic) bond motifs is 1. The molecular formula is C10H10N2. The van der Waals surface area contributed by atoms with Crippen LogP contribution in [0.15, 0.2) is 30.5 Å². The first-order chi connectivity index (χ1) is 5.93. The average Bonchev–Trinajstić information content (AvgIpc) is 2.84. The average molecular weight is 158 g/mol. The molecule has 60 valence electrons. The van der Waals surface area contributed by atoms with Crippen LogP contribution in [0, 0.1) is 0 Å². The summed E-state index contributed by atoms with van der Waals surface area (Å²) >= 11 is 0. The Morgan fingerprint density at radius 1 is 1.25 bits per heavy atom. The lowest BCUT2D eigenvalue weighted by Gasteiger charge is -1.95. The monoisotopic (exact) mass is 158 g/mol. The van der Waals surface area contributed by atoms with Crippen LogP contribution in [0.5, 0.6) is 0 Å².